The summed E-state index contributed by atoms with van der Waals surface area (Å²) in [5.74, 6) is 4.44. The van der Waals surface area contributed by atoms with E-state index >= 15 is 0 Å². The quantitative estimate of drug-likeness (QED) is 0.780. The maximum absolute atomic E-state index is 5.99. The van der Waals surface area contributed by atoms with Gasteiger partial charge >= 0.3 is 0 Å². The van der Waals surface area contributed by atoms with Crippen molar-refractivity contribution in [1.29, 1.82) is 0 Å². The van der Waals surface area contributed by atoms with Crippen LogP contribution in [0.5, 0.6) is 0 Å². The van der Waals surface area contributed by atoms with E-state index in [2.05, 4.69) is 15.5 Å². The highest BCUT2D eigenvalue weighted by Crippen LogP contribution is 2.26. The summed E-state index contributed by atoms with van der Waals surface area (Å²) < 4.78 is 1.83. The van der Waals surface area contributed by atoms with Crippen LogP contribution in [-0.4, -0.2) is 42.7 Å². The van der Waals surface area contributed by atoms with Crippen LogP contribution < -0.4 is 0 Å². The van der Waals surface area contributed by atoms with Gasteiger partial charge in [0, 0.05) is 22.5 Å². The maximum atomic E-state index is 5.99. The van der Waals surface area contributed by atoms with Gasteiger partial charge in [0.2, 0.25) is 0 Å². The summed E-state index contributed by atoms with van der Waals surface area (Å²) >= 11 is 10.00. The molecule has 0 N–H and O–H groups in total. The fourth-order valence-corrected chi connectivity index (χ4v) is 4.26. The van der Waals surface area contributed by atoms with E-state index in [9.17, 15) is 0 Å². The molecule has 7 heteroatoms. The predicted molar refractivity (Wildman–Crippen MR) is 65.7 cm³/mol. The van der Waals surface area contributed by atoms with Crippen molar-refractivity contribution >= 4 is 35.1 Å². The lowest BCUT2D eigenvalue weighted by molar-refractivity contribution is 0.564. The third-order valence-corrected chi connectivity index (χ3v) is 5.20. The first-order valence-electron chi connectivity index (χ1n) is 4.87. The molecule has 1 aliphatic rings. The Kier molecular flexibility index (Phi) is 4.16. The van der Waals surface area contributed by atoms with E-state index in [-0.39, 0.29) is 5.38 Å². The molecule has 1 fully saturated rings. The van der Waals surface area contributed by atoms with Crippen molar-refractivity contribution in [3.05, 3.63) is 5.82 Å². The van der Waals surface area contributed by atoms with E-state index in [1.807, 2.05) is 35.1 Å². The molecule has 15 heavy (non-hydrogen) atoms. The van der Waals surface area contributed by atoms with E-state index in [4.69, 9.17) is 11.6 Å². The first kappa shape index (κ1) is 11.5. The van der Waals surface area contributed by atoms with Crippen LogP contribution in [-0.2, 0) is 6.54 Å². The Bertz CT molecular complexity index is 311. The van der Waals surface area contributed by atoms with Gasteiger partial charge in [0.05, 0.1) is 11.9 Å². The molecule has 0 aromatic carbocycles. The second kappa shape index (κ2) is 5.41. The Morgan fingerprint density at radius 1 is 1.60 bits per heavy atom. The number of halogens is 1. The van der Waals surface area contributed by atoms with E-state index in [0.717, 1.165) is 12.4 Å². The molecule has 0 bridgehead atoms. The summed E-state index contributed by atoms with van der Waals surface area (Å²) in [5, 5.41) is 12.1. The molecule has 2 heterocycles. The van der Waals surface area contributed by atoms with Gasteiger partial charge in [0.25, 0.3) is 0 Å². The number of tetrazole rings is 1. The molecule has 1 aliphatic heterocycles. The minimum absolute atomic E-state index is 0.124. The molecule has 0 radical (unpaired) electrons. The van der Waals surface area contributed by atoms with E-state index in [1.165, 1.54) is 17.3 Å². The zero-order valence-electron chi connectivity index (χ0n) is 8.47. The van der Waals surface area contributed by atoms with Crippen LogP contribution in [0.4, 0.5) is 0 Å². The topological polar surface area (TPSA) is 43.6 Å². The van der Waals surface area contributed by atoms with Crippen LogP contribution in [0.2, 0.25) is 0 Å². The van der Waals surface area contributed by atoms with Crippen molar-refractivity contribution in [2.45, 2.75) is 24.1 Å². The summed E-state index contributed by atoms with van der Waals surface area (Å²) in [7, 11) is 0. The second-order valence-corrected chi connectivity index (χ2v) is 6.62. The molecular weight excluding hydrogens is 252 g/mol. The van der Waals surface area contributed by atoms with Crippen molar-refractivity contribution in [1.82, 2.24) is 20.2 Å². The van der Waals surface area contributed by atoms with Gasteiger partial charge in [-0.2, -0.15) is 23.5 Å². The first-order valence-corrected chi connectivity index (χ1v) is 7.51. The highest BCUT2D eigenvalue weighted by molar-refractivity contribution is 8.06. The number of thioether (sulfide) groups is 2. The molecule has 1 aromatic rings. The molecule has 2 unspecified atom stereocenters. The highest BCUT2D eigenvalue weighted by Gasteiger charge is 2.19. The second-order valence-electron chi connectivity index (χ2n) is 3.40. The largest absolute Gasteiger partial charge is 0.227 e. The molecule has 0 amide bonds. The van der Waals surface area contributed by atoms with Crippen molar-refractivity contribution in [3.63, 3.8) is 0 Å². The van der Waals surface area contributed by atoms with Crippen LogP contribution in [0.15, 0.2) is 0 Å². The van der Waals surface area contributed by atoms with E-state index in [0.29, 0.717) is 5.25 Å². The van der Waals surface area contributed by atoms with E-state index in [1.54, 1.807) is 0 Å². The first-order chi connectivity index (χ1) is 7.27. The lowest BCUT2D eigenvalue weighted by Crippen LogP contribution is -2.22. The number of alkyl halides is 1. The molecule has 0 saturated carbocycles. The van der Waals surface area contributed by atoms with Gasteiger partial charge in [0.1, 0.15) is 0 Å². The zero-order chi connectivity index (χ0) is 10.7. The van der Waals surface area contributed by atoms with E-state index < -0.39 is 0 Å². The summed E-state index contributed by atoms with van der Waals surface area (Å²) in [4.78, 5) is 0. The zero-order valence-corrected chi connectivity index (χ0v) is 10.9. The lowest BCUT2D eigenvalue weighted by atomic mass is 10.4. The Hall–Kier alpha value is 0.0600. The van der Waals surface area contributed by atoms with Crippen molar-refractivity contribution < 1.29 is 0 Å². The van der Waals surface area contributed by atoms with Crippen LogP contribution in [0.3, 0.4) is 0 Å². The predicted octanol–water partition coefficient (Wildman–Crippen LogP) is 1.82. The van der Waals surface area contributed by atoms with Gasteiger partial charge in [-0.1, -0.05) is 0 Å². The minimum atomic E-state index is -0.124. The van der Waals surface area contributed by atoms with Crippen LogP contribution in [0.25, 0.3) is 0 Å². The molecule has 4 nitrogen and oxygen atoms in total. The molecule has 1 saturated heterocycles. The molecule has 2 atom stereocenters. The normalized spacial score (nSPS) is 24.0. The Morgan fingerprint density at radius 3 is 3.13 bits per heavy atom. The van der Waals surface area contributed by atoms with Crippen molar-refractivity contribution in [2.75, 3.05) is 17.3 Å². The van der Waals surface area contributed by atoms with Gasteiger partial charge in [0.15, 0.2) is 5.82 Å². The van der Waals surface area contributed by atoms with Crippen LogP contribution in [0.1, 0.15) is 18.1 Å². The lowest BCUT2D eigenvalue weighted by Gasteiger charge is -2.21. The molecule has 0 aliphatic carbocycles. The minimum Gasteiger partial charge on any atom is -0.227 e. The summed E-state index contributed by atoms with van der Waals surface area (Å²) in [6, 6.07) is 0. The number of aromatic nitrogens is 4. The van der Waals surface area contributed by atoms with Gasteiger partial charge in [-0.05, 0) is 17.4 Å². The number of nitrogens with zero attached hydrogens (tertiary/aromatic N) is 4. The smallest absolute Gasteiger partial charge is 0.168 e. The molecule has 84 valence electrons. The Labute approximate surface area is 103 Å². The monoisotopic (exact) mass is 264 g/mol. The molecule has 2 rings (SSSR count). The third kappa shape index (κ3) is 3.01. The third-order valence-electron chi connectivity index (χ3n) is 2.18. The highest BCUT2D eigenvalue weighted by atomic mass is 35.5. The van der Waals surface area contributed by atoms with Crippen molar-refractivity contribution in [2.24, 2.45) is 0 Å². The Morgan fingerprint density at radius 2 is 2.47 bits per heavy atom. The van der Waals surface area contributed by atoms with Gasteiger partial charge in [-0.3, -0.25) is 0 Å². The van der Waals surface area contributed by atoms with Gasteiger partial charge in [-0.15, -0.1) is 16.7 Å². The number of hydrogen-bond acceptors (Lipinski definition) is 5. The standard InChI is InChI=1S/C8H13ClN4S2/c1-6(9)8-10-11-12-13(8)4-7-5-14-2-3-15-7/h6-7H,2-5H2,1H3. The number of hydrogen-bond donors (Lipinski definition) is 0. The molecule has 0 spiro atoms. The van der Waals surface area contributed by atoms with Crippen LogP contribution in [0, 0.1) is 0 Å². The van der Waals surface area contributed by atoms with Crippen molar-refractivity contribution in [3.8, 4) is 0 Å². The molecule has 1 aromatic heterocycles. The Balaban J connectivity index is 1.99. The maximum Gasteiger partial charge on any atom is 0.168 e. The fraction of sp³-hybridized carbons (Fsp3) is 0.875. The fourth-order valence-electron chi connectivity index (χ4n) is 1.46. The summed E-state index contributed by atoms with van der Waals surface area (Å²) in [6.45, 7) is 2.77. The summed E-state index contributed by atoms with van der Waals surface area (Å²) in [5.41, 5.74) is 0. The molecular formula is C8H13ClN4S2. The SMILES string of the molecule is CC(Cl)c1nnnn1CC1CSCCS1. The summed E-state index contributed by atoms with van der Waals surface area (Å²) in [6.07, 6.45) is 0. The van der Waals surface area contributed by atoms with Gasteiger partial charge in [-0.25, -0.2) is 4.68 Å². The number of rotatable bonds is 3. The average Bonchev–Trinajstić information content (AvgIpc) is 2.67. The average molecular weight is 265 g/mol. The van der Waals surface area contributed by atoms with Gasteiger partial charge < -0.3 is 0 Å². The van der Waals surface area contributed by atoms with Crippen LogP contribution >= 0.6 is 35.1 Å².